The minimum atomic E-state index is -0.652. The molecule has 2 aromatic rings. The van der Waals surface area contributed by atoms with Crippen molar-refractivity contribution in [3.63, 3.8) is 0 Å². The Labute approximate surface area is 194 Å². The van der Waals surface area contributed by atoms with Gasteiger partial charge in [0.2, 0.25) is 5.91 Å². The normalized spacial score (nSPS) is 15.1. The van der Waals surface area contributed by atoms with Crippen molar-refractivity contribution in [2.45, 2.75) is 45.7 Å². The number of nitrogens with zero attached hydrogens (tertiary/aromatic N) is 2. The quantitative estimate of drug-likeness (QED) is 0.641. The third-order valence-corrected chi connectivity index (χ3v) is 5.72. The summed E-state index contributed by atoms with van der Waals surface area (Å²) in [5, 5.41) is 5.92. The van der Waals surface area contributed by atoms with E-state index < -0.39 is 6.04 Å². The Hall–Kier alpha value is -3.42. The average Bonchev–Trinajstić information content (AvgIpc) is 2.83. The van der Waals surface area contributed by atoms with E-state index >= 15 is 0 Å². The third-order valence-electron chi connectivity index (χ3n) is 5.72. The topological polar surface area (TPSA) is 101 Å². The Morgan fingerprint density at radius 1 is 1.03 bits per heavy atom. The van der Waals surface area contributed by atoms with Gasteiger partial charge in [-0.1, -0.05) is 13.8 Å². The summed E-state index contributed by atoms with van der Waals surface area (Å²) in [6.45, 7) is 7.39. The highest BCUT2D eigenvalue weighted by Crippen LogP contribution is 2.16. The summed E-state index contributed by atoms with van der Waals surface area (Å²) in [5.74, 6) is 0.0867. The molecule has 0 saturated carbocycles. The summed E-state index contributed by atoms with van der Waals surface area (Å²) in [4.78, 5) is 44.0. The van der Waals surface area contributed by atoms with Crippen LogP contribution >= 0.6 is 0 Å². The fourth-order valence-electron chi connectivity index (χ4n) is 3.82. The summed E-state index contributed by atoms with van der Waals surface area (Å²) >= 11 is 0. The smallest absolute Gasteiger partial charge is 0.253 e. The van der Waals surface area contributed by atoms with Gasteiger partial charge in [0.25, 0.3) is 11.8 Å². The average molecular weight is 453 g/mol. The maximum absolute atomic E-state index is 13.0. The molecule has 1 aliphatic rings. The van der Waals surface area contributed by atoms with Crippen molar-refractivity contribution in [1.29, 1.82) is 0 Å². The molecule has 1 fully saturated rings. The van der Waals surface area contributed by atoms with E-state index in [1.165, 1.54) is 0 Å². The van der Waals surface area contributed by atoms with Gasteiger partial charge in [-0.25, -0.2) is 0 Å². The first-order valence-corrected chi connectivity index (χ1v) is 11.4. The number of benzene rings is 1. The van der Waals surface area contributed by atoms with E-state index in [0.29, 0.717) is 49.4 Å². The number of amides is 3. The van der Waals surface area contributed by atoms with Crippen LogP contribution in [0.4, 0.5) is 0 Å². The number of carbonyl (C=O) groups is 3. The minimum Gasteiger partial charge on any atom is -0.494 e. The standard InChI is InChI=1S/C25H32N4O4/c1-4-33-21-7-5-18(6-8-21)23(30)28-22(17(2)3)24(31)27-20-11-15-29(16-12-20)25(32)19-9-13-26-14-10-19/h5-10,13-14,17,20,22H,4,11-12,15-16H2,1-3H3,(H,27,31)(H,28,30). The predicted molar refractivity (Wildman–Crippen MR) is 125 cm³/mol. The van der Waals surface area contributed by atoms with E-state index in [1.807, 2.05) is 20.8 Å². The molecular formula is C25H32N4O4. The van der Waals surface area contributed by atoms with Crippen LogP contribution in [0.5, 0.6) is 5.75 Å². The van der Waals surface area contributed by atoms with Crippen molar-refractivity contribution in [3.8, 4) is 5.75 Å². The lowest BCUT2D eigenvalue weighted by Crippen LogP contribution is -2.54. The van der Waals surface area contributed by atoms with Crippen molar-refractivity contribution in [3.05, 3.63) is 59.9 Å². The molecule has 3 rings (SSSR count). The van der Waals surface area contributed by atoms with E-state index in [0.717, 1.165) is 0 Å². The minimum absolute atomic E-state index is 0.0233. The van der Waals surface area contributed by atoms with Gasteiger partial charge >= 0.3 is 0 Å². The molecule has 1 aromatic heterocycles. The molecule has 0 radical (unpaired) electrons. The molecule has 2 N–H and O–H groups in total. The first kappa shape index (κ1) is 24.2. The highest BCUT2D eigenvalue weighted by Gasteiger charge is 2.29. The van der Waals surface area contributed by atoms with Crippen molar-refractivity contribution < 1.29 is 19.1 Å². The fourth-order valence-corrected chi connectivity index (χ4v) is 3.82. The molecule has 33 heavy (non-hydrogen) atoms. The highest BCUT2D eigenvalue weighted by molar-refractivity contribution is 5.97. The zero-order chi connectivity index (χ0) is 23.8. The lowest BCUT2D eigenvalue weighted by molar-refractivity contribution is -0.124. The number of carbonyl (C=O) groups excluding carboxylic acids is 3. The number of pyridine rings is 1. The molecule has 0 aliphatic carbocycles. The molecule has 1 unspecified atom stereocenters. The molecule has 8 nitrogen and oxygen atoms in total. The molecule has 1 aliphatic heterocycles. The van der Waals surface area contributed by atoms with Crippen LogP contribution in [-0.2, 0) is 4.79 Å². The van der Waals surface area contributed by atoms with E-state index in [9.17, 15) is 14.4 Å². The van der Waals surface area contributed by atoms with Crippen molar-refractivity contribution in [2.24, 2.45) is 5.92 Å². The Balaban J connectivity index is 1.53. The zero-order valence-electron chi connectivity index (χ0n) is 19.4. The number of likely N-dealkylation sites (tertiary alicyclic amines) is 1. The maximum Gasteiger partial charge on any atom is 0.253 e. The van der Waals surface area contributed by atoms with E-state index in [4.69, 9.17) is 4.74 Å². The summed E-state index contributed by atoms with van der Waals surface area (Å²) < 4.78 is 5.41. The second kappa shape index (κ2) is 11.4. The van der Waals surface area contributed by atoms with Crippen LogP contribution in [0.2, 0.25) is 0 Å². The lowest BCUT2D eigenvalue weighted by atomic mass is 9.99. The van der Waals surface area contributed by atoms with Gasteiger partial charge in [0.15, 0.2) is 0 Å². The summed E-state index contributed by atoms with van der Waals surface area (Å²) in [6.07, 6.45) is 4.54. The van der Waals surface area contributed by atoms with E-state index in [1.54, 1.807) is 53.7 Å². The van der Waals surface area contributed by atoms with E-state index in [2.05, 4.69) is 15.6 Å². The highest BCUT2D eigenvalue weighted by atomic mass is 16.5. The van der Waals surface area contributed by atoms with Crippen LogP contribution in [0.25, 0.3) is 0 Å². The number of ether oxygens (including phenoxy) is 1. The number of nitrogens with one attached hydrogen (secondary N) is 2. The van der Waals surface area contributed by atoms with Gasteiger partial charge in [0.1, 0.15) is 11.8 Å². The first-order chi connectivity index (χ1) is 15.9. The zero-order valence-corrected chi connectivity index (χ0v) is 19.4. The first-order valence-electron chi connectivity index (χ1n) is 11.4. The molecule has 1 saturated heterocycles. The molecule has 176 valence electrons. The van der Waals surface area contributed by atoms with Gasteiger partial charge in [0.05, 0.1) is 6.61 Å². The Morgan fingerprint density at radius 2 is 1.67 bits per heavy atom. The molecule has 1 atom stereocenters. The molecule has 8 heteroatoms. The Morgan fingerprint density at radius 3 is 2.24 bits per heavy atom. The van der Waals surface area contributed by atoms with Crippen LogP contribution in [0, 0.1) is 5.92 Å². The molecule has 3 amide bonds. The second-order valence-electron chi connectivity index (χ2n) is 8.46. The van der Waals surface area contributed by atoms with Crippen molar-refractivity contribution in [1.82, 2.24) is 20.5 Å². The van der Waals surface area contributed by atoms with Gasteiger partial charge in [-0.3, -0.25) is 19.4 Å². The van der Waals surface area contributed by atoms with Crippen LogP contribution in [0.3, 0.4) is 0 Å². The molecular weight excluding hydrogens is 420 g/mol. The SMILES string of the molecule is CCOc1ccc(C(=O)NC(C(=O)NC2CCN(C(=O)c3ccncc3)CC2)C(C)C)cc1. The number of hydrogen-bond acceptors (Lipinski definition) is 5. The number of piperidine rings is 1. The number of aromatic nitrogens is 1. The molecule has 2 heterocycles. The fraction of sp³-hybridized carbons (Fsp3) is 0.440. The summed E-state index contributed by atoms with van der Waals surface area (Å²) in [6, 6.07) is 9.57. The summed E-state index contributed by atoms with van der Waals surface area (Å²) in [7, 11) is 0. The van der Waals surface area contributed by atoms with Crippen LogP contribution < -0.4 is 15.4 Å². The van der Waals surface area contributed by atoms with Gasteiger partial charge in [-0.05, 0) is 62.1 Å². The van der Waals surface area contributed by atoms with Gasteiger partial charge in [-0.15, -0.1) is 0 Å². The Kier molecular flexibility index (Phi) is 8.40. The van der Waals surface area contributed by atoms with Crippen molar-refractivity contribution >= 4 is 17.7 Å². The summed E-state index contributed by atoms with van der Waals surface area (Å²) in [5.41, 5.74) is 1.09. The molecule has 0 spiro atoms. The second-order valence-corrected chi connectivity index (χ2v) is 8.46. The van der Waals surface area contributed by atoms with Crippen molar-refractivity contribution in [2.75, 3.05) is 19.7 Å². The van der Waals surface area contributed by atoms with Gasteiger partial charge < -0.3 is 20.3 Å². The van der Waals surface area contributed by atoms with Crippen LogP contribution in [-0.4, -0.2) is 59.4 Å². The van der Waals surface area contributed by atoms with Gasteiger partial charge in [0, 0.05) is 42.7 Å². The third kappa shape index (κ3) is 6.54. The van der Waals surface area contributed by atoms with Crippen LogP contribution in [0.1, 0.15) is 54.3 Å². The molecule has 0 bridgehead atoms. The Bertz CT molecular complexity index is 939. The number of hydrogen-bond donors (Lipinski definition) is 2. The van der Waals surface area contributed by atoms with E-state index in [-0.39, 0.29) is 29.7 Å². The largest absolute Gasteiger partial charge is 0.494 e. The lowest BCUT2D eigenvalue weighted by Gasteiger charge is -2.33. The number of rotatable bonds is 8. The predicted octanol–water partition coefficient (Wildman–Crippen LogP) is 2.66. The molecule has 1 aromatic carbocycles. The van der Waals surface area contributed by atoms with Crippen LogP contribution in [0.15, 0.2) is 48.8 Å². The maximum atomic E-state index is 13.0. The van der Waals surface area contributed by atoms with Gasteiger partial charge in [-0.2, -0.15) is 0 Å². The monoisotopic (exact) mass is 452 g/mol.